The lowest BCUT2D eigenvalue weighted by molar-refractivity contribution is -0.00541. The molecular formula is C30H32N2O2. The van der Waals surface area contributed by atoms with Crippen molar-refractivity contribution in [2.24, 2.45) is 23.5 Å². The maximum absolute atomic E-state index is 12.3. The van der Waals surface area contributed by atoms with E-state index in [4.69, 9.17) is 5.73 Å². The number of carbonyl (C=O) groups is 2. The van der Waals surface area contributed by atoms with Crippen LogP contribution in [0.15, 0.2) is 54.6 Å². The molecule has 174 valence electrons. The first-order valence-corrected chi connectivity index (χ1v) is 12.7. The van der Waals surface area contributed by atoms with E-state index in [2.05, 4.69) is 35.6 Å². The van der Waals surface area contributed by atoms with Crippen LogP contribution in [0.2, 0.25) is 0 Å². The Labute approximate surface area is 200 Å². The molecule has 4 aliphatic carbocycles. The van der Waals surface area contributed by atoms with Gasteiger partial charge in [-0.2, -0.15) is 0 Å². The van der Waals surface area contributed by atoms with E-state index < -0.39 is 0 Å². The molecule has 3 aromatic carbocycles. The summed E-state index contributed by atoms with van der Waals surface area (Å²) in [5.74, 6) is 2.42. The molecule has 0 aromatic heterocycles. The second-order valence-corrected chi connectivity index (χ2v) is 10.9. The lowest BCUT2D eigenvalue weighted by Gasteiger charge is -2.57. The average Bonchev–Trinajstić information content (AvgIpc) is 2.85. The molecule has 3 aromatic rings. The van der Waals surface area contributed by atoms with E-state index in [1.165, 1.54) is 49.7 Å². The Hall–Kier alpha value is -2.98. The number of nitrogens with two attached hydrogens (primary N) is 1. The molecular weight excluding hydrogens is 420 g/mol. The van der Waals surface area contributed by atoms with Gasteiger partial charge in [-0.05, 0) is 113 Å². The molecule has 3 N–H and O–H groups in total. The summed E-state index contributed by atoms with van der Waals surface area (Å²) in [5, 5.41) is 4.97. The minimum atomic E-state index is -0.0962. The highest BCUT2D eigenvalue weighted by Crippen LogP contribution is 2.61. The molecule has 4 heteroatoms. The van der Waals surface area contributed by atoms with Gasteiger partial charge in [0.1, 0.15) is 6.29 Å². The summed E-state index contributed by atoms with van der Waals surface area (Å²) >= 11 is 0. The fourth-order valence-electron chi connectivity index (χ4n) is 7.59. The van der Waals surface area contributed by atoms with E-state index in [1.54, 1.807) is 0 Å². The summed E-state index contributed by atoms with van der Waals surface area (Å²) in [6.07, 6.45) is 8.99. The van der Waals surface area contributed by atoms with Crippen LogP contribution in [0.3, 0.4) is 0 Å². The predicted octanol–water partition coefficient (Wildman–Crippen LogP) is 5.48. The Kier molecular flexibility index (Phi) is 5.29. The van der Waals surface area contributed by atoms with Crippen molar-refractivity contribution >= 4 is 23.0 Å². The zero-order chi connectivity index (χ0) is 23.3. The Morgan fingerprint density at radius 1 is 0.882 bits per heavy atom. The van der Waals surface area contributed by atoms with Crippen molar-refractivity contribution in [1.29, 1.82) is 0 Å². The topological polar surface area (TPSA) is 72.2 Å². The number of hydrogen-bond donors (Lipinski definition) is 2. The van der Waals surface area contributed by atoms with Crippen molar-refractivity contribution in [2.75, 3.05) is 13.1 Å². The van der Waals surface area contributed by atoms with Gasteiger partial charge < -0.3 is 11.1 Å². The number of amides is 1. The van der Waals surface area contributed by atoms with Crippen molar-refractivity contribution in [2.45, 2.75) is 43.9 Å². The number of benzene rings is 3. The van der Waals surface area contributed by atoms with Gasteiger partial charge in [0.15, 0.2) is 0 Å². The predicted molar refractivity (Wildman–Crippen MR) is 136 cm³/mol. The standard InChI is InChI=1S/C30H32N2O2/c31-7-8-32-29(34)26-5-3-22-12-23(1-2-24(22)13-26)25-4-6-27(18-33)28(14-25)30-15-19-9-20(16-30)11-21(10-19)17-30/h1-6,12-14,18-21H,7-11,15-17,31H2,(H,32,34). The first-order chi connectivity index (χ1) is 16.6. The molecule has 0 atom stereocenters. The number of nitrogens with one attached hydrogen (secondary N) is 1. The van der Waals surface area contributed by atoms with Gasteiger partial charge in [-0.1, -0.05) is 30.3 Å². The maximum Gasteiger partial charge on any atom is 0.251 e. The Bertz CT molecular complexity index is 1240. The number of hydrogen-bond acceptors (Lipinski definition) is 3. The number of rotatable bonds is 6. The van der Waals surface area contributed by atoms with Gasteiger partial charge in [-0.15, -0.1) is 0 Å². The fraction of sp³-hybridized carbons (Fsp3) is 0.400. The summed E-state index contributed by atoms with van der Waals surface area (Å²) in [7, 11) is 0. The van der Waals surface area contributed by atoms with E-state index in [-0.39, 0.29) is 11.3 Å². The fourth-order valence-corrected chi connectivity index (χ4v) is 7.59. The summed E-state index contributed by atoms with van der Waals surface area (Å²) in [5.41, 5.74) is 10.8. The lowest BCUT2D eigenvalue weighted by atomic mass is 9.47. The van der Waals surface area contributed by atoms with E-state index in [0.29, 0.717) is 18.7 Å². The van der Waals surface area contributed by atoms with Gasteiger partial charge in [0.2, 0.25) is 0 Å². The highest BCUT2D eigenvalue weighted by molar-refractivity contribution is 5.99. The Balaban J connectivity index is 1.36. The number of carbonyl (C=O) groups excluding carboxylic acids is 2. The monoisotopic (exact) mass is 452 g/mol. The molecule has 0 spiro atoms. The molecule has 4 fully saturated rings. The minimum Gasteiger partial charge on any atom is -0.351 e. The van der Waals surface area contributed by atoms with Crippen molar-refractivity contribution in [3.8, 4) is 11.1 Å². The van der Waals surface area contributed by atoms with Crippen LogP contribution in [0.1, 0.15) is 64.8 Å². The highest BCUT2D eigenvalue weighted by Gasteiger charge is 2.52. The first-order valence-electron chi connectivity index (χ1n) is 12.7. The molecule has 7 rings (SSSR count). The van der Waals surface area contributed by atoms with Crippen molar-refractivity contribution in [3.63, 3.8) is 0 Å². The summed E-state index contributed by atoms with van der Waals surface area (Å²) in [6.45, 7) is 0.898. The summed E-state index contributed by atoms with van der Waals surface area (Å²) in [6, 6.07) is 18.6. The molecule has 0 aliphatic heterocycles. The highest BCUT2D eigenvalue weighted by atomic mass is 16.1. The van der Waals surface area contributed by atoms with E-state index >= 15 is 0 Å². The molecule has 34 heavy (non-hydrogen) atoms. The minimum absolute atomic E-state index is 0.0962. The molecule has 4 bridgehead atoms. The zero-order valence-corrected chi connectivity index (χ0v) is 19.6. The van der Waals surface area contributed by atoms with Crippen LogP contribution >= 0.6 is 0 Å². The molecule has 0 saturated heterocycles. The summed E-state index contributed by atoms with van der Waals surface area (Å²) < 4.78 is 0. The van der Waals surface area contributed by atoms with Crippen molar-refractivity contribution in [3.05, 3.63) is 71.3 Å². The third-order valence-corrected chi connectivity index (χ3v) is 8.66. The third kappa shape index (κ3) is 3.65. The lowest BCUT2D eigenvalue weighted by Crippen LogP contribution is -2.48. The number of fused-ring (bicyclic) bond motifs is 1. The van der Waals surface area contributed by atoms with Gasteiger partial charge in [-0.3, -0.25) is 9.59 Å². The largest absolute Gasteiger partial charge is 0.351 e. The molecule has 4 saturated carbocycles. The average molecular weight is 453 g/mol. The molecule has 0 unspecified atom stereocenters. The van der Waals surface area contributed by atoms with Gasteiger partial charge in [0, 0.05) is 24.2 Å². The van der Waals surface area contributed by atoms with Crippen LogP contribution in [-0.4, -0.2) is 25.3 Å². The number of aldehydes is 1. The summed E-state index contributed by atoms with van der Waals surface area (Å²) in [4.78, 5) is 24.4. The Morgan fingerprint density at radius 3 is 2.18 bits per heavy atom. The quantitative estimate of drug-likeness (QED) is 0.487. The van der Waals surface area contributed by atoms with Crippen LogP contribution in [0, 0.1) is 17.8 Å². The zero-order valence-electron chi connectivity index (χ0n) is 19.6. The van der Waals surface area contributed by atoms with Crippen LogP contribution < -0.4 is 11.1 Å². The van der Waals surface area contributed by atoms with Crippen LogP contribution in [0.4, 0.5) is 0 Å². The van der Waals surface area contributed by atoms with E-state index in [0.717, 1.165) is 45.9 Å². The molecule has 0 radical (unpaired) electrons. The normalized spacial score (nSPS) is 27.1. The SMILES string of the molecule is NCCNC(=O)c1ccc2cc(-c3ccc(C=O)c(C45CC6CC(CC(C6)C4)C5)c3)ccc2c1. The van der Waals surface area contributed by atoms with Gasteiger partial charge >= 0.3 is 0 Å². The van der Waals surface area contributed by atoms with Crippen LogP contribution in [-0.2, 0) is 5.41 Å². The van der Waals surface area contributed by atoms with Crippen molar-refractivity contribution in [1.82, 2.24) is 5.32 Å². The Morgan fingerprint density at radius 2 is 1.50 bits per heavy atom. The van der Waals surface area contributed by atoms with Gasteiger partial charge in [0.25, 0.3) is 5.91 Å². The van der Waals surface area contributed by atoms with E-state index in [9.17, 15) is 9.59 Å². The van der Waals surface area contributed by atoms with Crippen LogP contribution in [0.5, 0.6) is 0 Å². The van der Waals surface area contributed by atoms with Crippen molar-refractivity contribution < 1.29 is 9.59 Å². The van der Waals surface area contributed by atoms with Crippen LogP contribution in [0.25, 0.3) is 21.9 Å². The van der Waals surface area contributed by atoms with Gasteiger partial charge in [0.05, 0.1) is 0 Å². The van der Waals surface area contributed by atoms with Gasteiger partial charge in [-0.25, -0.2) is 0 Å². The molecule has 4 nitrogen and oxygen atoms in total. The third-order valence-electron chi connectivity index (χ3n) is 8.66. The molecule has 1 amide bonds. The molecule has 4 aliphatic rings. The second-order valence-electron chi connectivity index (χ2n) is 10.9. The maximum atomic E-state index is 12.3. The first kappa shape index (κ1) is 21.5. The molecule has 0 heterocycles. The van der Waals surface area contributed by atoms with E-state index in [1.807, 2.05) is 24.3 Å². The second kappa shape index (κ2) is 8.35. The smallest absolute Gasteiger partial charge is 0.251 e.